The van der Waals surface area contributed by atoms with Crippen LogP contribution in [0.5, 0.6) is 0 Å². The van der Waals surface area contributed by atoms with Crippen LogP contribution in [0.25, 0.3) is 0 Å². The topological polar surface area (TPSA) is 95.9 Å². The number of aliphatic hydroxyl groups is 1. The lowest BCUT2D eigenvalue weighted by Crippen LogP contribution is -2.63. The summed E-state index contributed by atoms with van der Waals surface area (Å²) in [5.74, 6) is -0.334. The summed E-state index contributed by atoms with van der Waals surface area (Å²) in [7, 11) is 1.99. The number of alkyl carbamates (subject to hydrolysis) is 1. The minimum absolute atomic E-state index is 0.0538. The highest BCUT2D eigenvalue weighted by atomic mass is 16.6. The summed E-state index contributed by atoms with van der Waals surface area (Å²) in [6.07, 6.45) is 4.80. The van der Waals surface area contributed by atoms with Gasteiger partial charge in [0.25, 0.3) is 0 Å². The highest BCUT2D eigenvalue weighted by Gasteiger charge is 2.68. The van der Waals surface area contributed by atoms with E-state index in [0.29, 0.717) is 25.8 Å². The number of hydrogen-bond donors (Lipinski definition) is 2. The number of allylic oxidation sites excluding steroid dienone is 1. The minimum Gasteiger partial charge on any atom is -0.445 e. The molecule has 1 saturated heterocycles. The molecule has 4 rings (SSSR count). The highest BCUT2D eigenvalue weighted by molar-refractivity contribution is 5.93. The molecule has 1 heterocycles. The third-order valence-electron chi connectivity index (χ3n) is 11.5. The maximum absolute atomic E-state index is 13.5. The van der Waals surface area contributed by atoms with Gasteiger partial charge in [0, 0.05) is 29.7 Å². The van der Waals surface area contributed by atoms with Crippen LogP contribution in [0.15, 0.2) is 12.7 Å². The van der Waals surface area contributed by atoms with Gasteiger partial charge in [-0.2, -0.15) is 0 Å². The summed E-state index contributed by atoms with van der Waals surface area (Å²) in [5.41, 5.74) is -1.46. The normalized spacial score (nSPS) is 46.4. The number of imide groups is 1. The number of piperidine rings is 1. The standard InChI is InChI=1S/C30H48N2O5/c1-8-12-28(5)16-23(37-27(36)31-26(35)21-17-32(7)15-11-18(21)2)29(6)19(3)9-13-30(20(4)25(28)34)14-10-22(33)24(29)30/h8,18-21,23-25,34H,1,9-17H2,2-7H3,(H,31,35,36)/t18-,19+,20-,21-,23+,24?,25-,28+,29-,30?/m0/s1. The van der Waals surface area contributed by atoms with Gasteiger partial charge in [-0.3, -0.25) is 14.9 Å². The molecule has 4 aliphatic rings. The van der Waals surface area contributed by atoms with Crippen LogP contribution in [-0.4, -0.2) is 60.1 Å². The van der Waals surface area contributed by atoms with Gasteiger partial charge in [0.2, 0.25) is 5.91 Å². The Balaban J connectivity index is 1.67. The second kappa shape index (κ2) is 10.1. The Kier molecular flexibility index (Phi) is 7.72. The summed E-state index contributed by atoms with van der Waals surface area (Å²) in [4.78, 5) is 42.1. The molecule has 37 heavy (non-hydrogen) atoms. The van der Waals surface area contributed by atoms with Crippen molar-refractivity contribution >= 4 is 17.8 Å². The van der Waals surface area contributed by atoms with E-state index in [2.05, 4.69) is 44.5 Å². The molecular formula is C30H48N2O5. The molecule has 0 aromatic heterocycles. The van der Waals surface area contributed by atoms with E-state index < -0.39 is 29.1 Å². The Bertz CT molecular complexity index is 937. The molecule has 2 N–H and O–H groups in total. The van der Waals surface area contributed by atoms with Gasteiger partial charge in [-0.15, -0.1) is 6.58 Å². The average molecular weight is 517 g/mol. The predicted octanol–water partition coefficient (Wildman–Crippen LogP) is 4.58. The number of likely N-dealkylation sites (tertiary alicyclic amines) is 1. The van der Waals surface area contributed by atoms with Gasteiger partial charge >= 0.3 is 6.09 Å². The lowest BCUT2D eigenvalue weighted by atomic mass is 9.43. The van der Waals surface area contributed by atoms with Crippen LogP contribution in [0.1, 0.15) is 79.6 Å². The molecule has 2 amide bonds. The molecule has 4 fully saturated rings. The lowest BCUT2D eigenvalue weighted by Gasteiger charge is -2.62. The molecule has 2 unspecified atom stereocenters. The third-order valence-corrected chi connectivity index (χ3v) is 11.5. The summed E-state index contributed by atoms with van der Waals surface area (Å²) in [5, 5.41) is 14.3. The maximum Gasteiger partial charge on any atom is 0.414 e. The molecule has 0 radical (unpaired) electrons. The van der Waals surface area contributed by atoms with Crippen LogP contribution in [0.3, 0.4) is 0 Å². The number of hydrogen-bond acceptors (Lipinski definition) is 6. The van der Waals surface area contributed by atoms with Crippen molar-refractivity contribution in [3.05, 3.63) is 12.7 Å². The van der Waals surface area contributed by atoms with E-state index in [0.717, 1.165) is 32.2 Å². The van der Waals surface area contributed by atoms with Crippen LogP contribution < -0.4 is 5.32 Å². The van der Waals surface area contributed by atoms with E-state index in [4.69, 9.17) is 4.74 Å². The molecule has 1 aliphatic heterocycles. The molecule has 7 nitrogen and oxygen atoms in total. The molecule has 0 spiro atoms. The van der Waals surface area contributed by atoms with E-state index in [1.807, 2.05) is 20.0 Å². The van der Waals surface area contributed by atoms with Crippen molar-refractivity contribution in [2.75, 3.05) is 20.1 Å². The zero-order chi connectivity index (χ0) is 27.3. The fraction of sp³-hybridized carbons (Fsp3) is 0.833. The number of aliphatic hydroxyl groups excluding tert-OH is 1. The van der Waals surface area contributed by atoms with E-state index >= 15 is 0 Å². The van der Waals surface area contributed by atoms with Gasteiger partial charge in [0.05, 0.1) is 12.0 Å². The molecule has 2 bridgehead atoms. The van der Waals surface area contributed by atoms with Crippen molar-refractivity contribution in [1.82, 2.24) is 10.2 Å². The van der Waals surface area contributed by atoms with Gasteiger partial charge in [0.15, 0.2) is 0 Å². The van der Waals surface area contributed by atoms with Crippen molar-refractivity contribution in [3.63, 3.8) is 0 Å². The third kappa shape index (κ3) is 4.58. The van der Waals surface area contributed by atoms with E-state index in [9.17, 15) is 19.5 Å². The number of nitrogens with zero attached hydrogens (tertiary/aromatic N) is 1. The summed E-state index contributed by atoms with van der Waals surface area (Å²) in [6, 6.07) is 0. The number of nitrogens with one attached hydrogen (secondary N) is 1. The van der Waals surface area contributed by atoms with E-state index in [1.165, 1.54) is 0 Å². The predicted molar refractivity (Wildman–Crippen MR) is 143 cm³/mol. The first-order valence-electron chi connectivity index (χ1n) is 14.3. The number of ether oxygens (including phenoxy) is 1. The molecule has 3 aliphatic carbocycles. The van der Waals surface area contributed by atoms with Crippen LogP contribution in [0.2, 0.25) is 0 Å². The van der Waals surface area contributed by atoms with Crippen LogP contribution in [0, 0.1) is 45.8 Å². The minimum atomic E-state index is -0.741. The number of Topliss-reactive ketones (excluding diaryl/α,β-unsaturated/α-hetero) is 1. The second-order valence-corrected chi connectivity index (χ2v) is 13.5. The molecular weight excluding hydrogens is 468 g/mol. The molecule has 3 saturated carbocycles. The largest absolute Gasteiger partial charge is 0.445 e. The molecule has 0 aromatic carbocycles. The van der Waals surface area contributed by atoms with Crippen molar-refractivity contribution in [1.29, 1.82) is 0 Å². The van der Waals surface area contributed by atoms with Crippen LogP contribution >= 0.6 is 0 Å². The Labute approximate surface area is 222 Å². The maximum atomic E-state index is 13.5. The van der Waals surface area contributed by atoms with Crippen molar-refractivity contribution < 1.29 is 24.2 Å². The van der Waals surface area contributed by atoms with Gasteiger partial charge in [0.1, 0.15) is 11.9 Å². The van der Waals surface area contributed by atoms with E-state index in [1.54, 1.807) is 0 Å². The van der Waals surface area contributed by atoms with Gasteiger partial charge in [-0.1, -0.05) is 40.7 Å². The zero-order valence-electron chi connectivity index (χ0n) is 23.7. The Morgan fingerprint density at radius 3 is 2.59 bits per heavy atom. The quantitative estimate of drug-likeness (QED) is 0.531. The Morgan fingerprint density at radius 1 is 1.22 bits per heavy atom. The van der Waals surface area contributed by atoms with Gasteiger partial charge in [-0.05, 0) is 75.3 Å². The summed E-state index contributed by atoms with van der Waals surface area (Å²) >= 11 is 0. The number of rotatable bonds is 4. The van der Waals surface area contributed by atoms with Gasteiger partial charge in [-0.25, -0.2) is 4.79 Å². The SMILES string of the molecule is C=CC[C@]1(C)C[C@@H](OC(=O)NC(=O)[C@H]2CN(C)CC[C@@H]2C)[C@@]2(C)C3C(=O)CCC3(CC[C@H]2C)[C@@H](C)[C@@H]1O. The molecule has 10 atom stereocenters. The smallest absolute Gasteiger partial charge is 0.414 e. The number of carbonyl (C=O) groups is 3. The number of ketones is 1. The Hall–Kier alpha value is -1.73. The van der Waals surface area contributed by atoms with Crippen LogP contribution in [0.4, 0.5) is 4.79 Å². The van der Waals surface area contributed by atoms with E-state index in [-0.39, 0.29) is 46.7 Å². The number of amides is 2. The summed E-state index contributed by atoms with van der Waals surface area (Å²) < 4.78 is 6.21. The first-order valence-corrected chi connectivity index (χ1v) is 14.3. The van der Waals surface area contributed by atoms with Crippen molar-refractivity contribution in [2.24, 2.45) is 45.8 Å². The van der Waals surface area contributed by atoms with Crippen LogP contribution in [-0.2, 0) is 14.3 Å². The monoisotopic (exact) mass is 516 g/mol. The van der Waals surface area contributed by atoms with Crippen molar-refractivity contribution in [3.8, 4) is 0 Å². The second-order valence-electron chi connectivity index (χ2n) is 13.5. The van der Waals surface area contributed by atoms with Gasteiger partial charge < -0.3 is 14.7 Å². The lowest BCUT2D eigenvalue weighted by molar-refractivity contribution is -0.197. The molecule has 0 aromatic rings. The Morgan fingerprint density at radius 2 is 1.92 bits per heavy atom. The highest BCUT2D eigenvalue weighted by Crippen LogP contribution is 2.68. The fourth-order valence-corrected chi connectivity index (χ4v) is 8.81. The summed E-state index contributed by atoms with van der Waals surface area (Å²) in [6.45, 7) is 16.0. The molecule has 208 valence electrons. The fourth-order valence-electron chi connectivity index (χ4n) is 8.81. The number of carbonyl (C=O) groups excluding carboxylic acids is 3. The zero-order valence-corrected chi connectivity index (χ0v) is 23.7. The average Bonchev–Trinajstić information content (AvgIpc) is 3.19. The first kappa shape index (κ1) is 28.3. The van der Waals surface area contributed by atoms with Crippen molar-refractivity contribution in [2.45, 2.75) is 91.8 Å². The first-order chi connectivity index (χ1) is 17.3. The molecule has 7 heteroatoms.